The van der Waals surface area contributed by atoms with Crippen molar-refractivity contribution in [2.45, 2.75) is 32.1 Å². The van der Waals surface area contributed by atoms with Crippen LogP contribution < -0.4 is 5.32 Å². The summed E-state index contributed by atoms with van der Waals surface area (Å²) in [6.45, 7) is 7.12. The van der Waals surface area contributed by atoms with Crippen LogP contribution in [0.4, 0.5) is 5.69 Å². The number of hydrogen-bond donors (Lipinski definition) is 1. The van der Waals surface area contributed by atoms with Gasteiger partial charge < -0.3 is 5.32 Å². The van der Waals surface area contributed by atoms with Crippen molar-refractivity contribution in [1.82, 2.24) is 4.31 Å². The fourth-order valence-corrected chi connectivity index (χ4v) is 5.61. The van der Waals surface area contributed by atoms with E-state index < -0.39 is 10.0 Å². The Morgan fingerprint density at radius 3 is 2.25 bits per heavy atom. The molecule has 3 rings (SSSR count). The second-order valence-corrected chi connectivity index (χ2v) is 10.1. The summed E-state index contributed by atoms with van der Waals surface area (Å²) in [5, 5.41) is 3.22. The predicted octanol–water partition coefficient (Wildman–Crippen LogP) is 4.57. The lowest BCUT2D eigenvalue weighted by molar-refractivity contribution is 0.102. The van der Waals surface area contributed by atoms with Gasteiger partial charge >= 0.3 is 0 Å². The molecule has 7 heteroatoms. The van der Waals surface area contributed by atoms with E-state index in [9.17, 15) is 13.2 Å². The Morgan fingerprint density at radius 1 is 1.07 bits per heavy atom. The quantitative estimate of drug-likeness (QED) is 0.787. The van der Waals surface area contributed by atoms with E-state index in [0.29, 0.717) is 41.2 Å². The third-order valence-corrected chi connectivity index (χ3v) is 7.12. The zero-order chi connectivity index (χ0) is 20.5. The molecule has 0 aromatic heterocycles. The lowest BCUT2D eigenvalue weighted by atomic mass is 9.94. The van der Waals surface area contributed by atoms with Crippen LogP contribution in [0.3, 0.4) is 0 Å². The minimum atomic E-state index is -3.56. The summed E-state index contributed by atoms with van der Waals surface area (Å²) in [5.41, 5.74) is 1.89. The van der Waals surface area contributed by atoms with Crippen LogP contribution in [0.2, 0.25) is 5.02 Å². The third kappa shape index (κ3) is 4.57. The molecule has 1 fully saturated rings. The topological polar surface area (TPSA) is 66.5 Å². The summed E-state index contributed by atoms with van der Waals surface area (Å²) >= 11 is 6.16. The molecular weight excluding hydrogens is 396 g/mol. The molecule has 0 bridgehead atoms. The Balaban J connectivity index is 1.76. The maximum Gasteiger partial charge on any atom is 0.255 e. The number of sulfonamides is 1. The number of aryl methyl sites for hydroxylation is 1. The van der Waals surface area contributed by atoms with E-state index in [-0.39, 0.29) is 10.8 Å². The van der Waals surface area contributed by atoms with E-state index in [4.69, 9.17) is 11.6 Å². The zero-order valence-corrected chi connectivity index (χ0v) is 17.8. The van der Waals surface area contributed by atoms with Crippen LogP contribution in [0.15, 0.2) is 47.4 Å². The number of rotatable bonds is 4. The third-order valence-electron chi connectivity index (χ3n) is 4.96. The van der Waals surface area contributed by atoms with Gasteiger partial charge in [-0.3, -0.25) is 4.79 Å². The minimum Gasteiger partial charge on any atom is -0.321 e. The second kappa shape index (κ2) is 8.23. The lowest BCUT2D eigenvalue weighted by Gasteiger charge is -2.34. The van der Waals surface area contributed by atoms with Gasteiger partial charge in [0.2, 0.25) is 10.0 Å². The van der Waals surface area contributed by atoms with Crippen molar-refractivity contribution in [2.75, 3.05) is 18.4 Å². The number of carbonyl (C=O) groups excluding carboxylic acids is 1. The molecule has 0 aliphatic carbocycles. The molecular formula is C21H25ClN2O3S. The normalized spacial score (nSPS) is 20.7. The van der Waals surface area contributed by atoms with Crippen LogP contribution in [0, 0.1) is 18.8 Å². The van der Waals surface area contributed by atoms with Crippen molar-refractivity contribution in [3.05, 3.63) is 58.6 Å². The summed E-state index contributed by atoms with van der Waals surface area (Å²) in [6, 6.07) is 11.4. The number of amides is 1. The molecule has 150 valence electrons. The molecule has 1 amide bonds. The molecule has 0 spiro atoms. The van der Waals surface area contributed by atoms with Crippen LogP contribution in [0.5, 0.6) is 0 Å². The van der Waals surface area contributed by atoms with Crippen LogP contribution in [-0.4, -0.2) is 31.7 Å². The van der Waals surface area contributed by atoms with E-state index in [2.05, 4.69) is 19.2 Å². The van der Waals surface area contributed by atoms with E-state index in [1.165, 1.54) is 24.3 Å². The molecule has 0 radical (unpaired) electrons. The molecule has 0 saturated carbocycles. The number of halogens is 1. The predicted molar refractivity (Wildman–Crippen MR) is 112 cm³/mol. The zero-order valence-electron chi connectivity index (χ0n) is 16.3. The van der Waals surface area contributed by atoms with Gasteiger partial charge in [0.25, 0.3) is 5.91 Å². The Morgan fingerprint density at radius 2 is 1.68 bits per heavy atom. The summed E-state index contributed by atoms with van der Waals surface area (Å²) in [7, 11) is -3.56. The maximum atomic E-state index is 12.9. The average Bonchev–Trinajstić information content (AvgIpc) is 2.63. The number of nitrogens with zero attached hydrogens (tertiary/aromatic N) is 1. The fourth-order valence-electron chi connectivity index (χ4n) is 3.65. The van der Waals surface area contributed by atoms with Crippen molar-refractivity contribution < 1.29 is 13.2 Å². The van der Waals surface area contributed by atoms with Crippen molar-refractivity contribution in [1.29, 1.82) is 0 Å². The highest BCUT2D eigenvalue weighted by Crippen LogP contribution is 2.27. The molecule has 1 saturated heterocycles. The van der Waals surface area contributed by atoms with Gasteiger partial charge in [-0.25, -0.2) is 8.42 Å². The number of nitrogens with one attached hydrogen (secondary N) is 1. The molecule has 1 N–H and O–H groups in total. The van der Waals surface area contributed by atoms with Crippen LogP contribution in [-0.2, 0) is 10.0 Å². The number of piperidine rings is 1. The van der Waals surface area contributed by atoms with Crippen LogP contribution in [0.25, 0.3) is 0 Å². The van der Waals surface area contributed by atoms with Gasteiger partial charge in [0, 0.05) is 18.7 Å². The molecule has 28 heavy (non-hydrogen) atoms. The molecule has 2 aromatic rings. The van der Waals surface area contributed by atoms with E-state index in [0.717, 1.165) is 12.0 Å². The van der Waals surface area contributed by atoms with Gasteiger partial charge in [-0.15, -0.1) is 0 Å². The monoisotopic (exact) mass is 420 g/mol. The van der Waals surface area contributed by atoms with E-state index >= 15 is 0 Å². The first kappa shape index (κ1) is 20.8. The molecule has 2 unspecified atom stereocenters. The Hall–Kier alpha value is -1.89. The van der Waals surface area contributed by atoms with E-state index in [1.54, 1.807) is 16.4 Å². The largest absolute Gasteiger partial charge is 0.321 e. The van der Waals surface area contributed by atoms with Crippen molar-refractivity contribution >= 4 is 33.2 Å². The molecule has 2 atom stereocenters. The number of anilines is 1. The molecule has 1 aliphatic rings. The standard InChI is InChI=1S/C21H25ClN2O3S/c1-14-4-9-20(19(22)11-14)23-21(25)17-5-7-18(8-6-17)28(26,27)24-12-15(2)10-16(3)13-24/h4-9,11,15-16H,10,12-13H2,1-3H3,(H,23,25). The van der Waals surface area contributed by atoms with Crippen molar-refractivity contribution in [3.63, 3.8) is 0 Å². The SMILES string of the molecule is Cc1ccc(NC(=O)c2ccc(S(=O)(=O)N3CC(C)CC(C)C3)cc2)c(Cl)c1. The van der Waals surface area contributed by atoms with Crippen LogP contribution in [0.1, 0.15) is 36.2 Å². The molecule has 2 aromatic carbocycles. The second-order valence-electron chi connectivity index (χ2n) is 7.73. The van der Waals surface area contributed by atoms with Gasteiger partial charge in [0.1, 0.15) is 0 Å². The summed E-state index contributed by atoms with van der Waals surface area (Å²) in [4.78, 5) is 12.7. The Bertz CT molecular complexity index is 964. The average molecular weight is 421 g/mol. The van der Waals surface area contributed by atoms with Crippen LogP contribution >= 0.6 is 11.6 Å². The number of carbonyl (C=O) groups is 1. The molecule has 1 heterocycles. The summed E-state index contributed by atoms with van der Waals surface area (Å²) in [5.74, 6) is 0.334. The highest BCUT2D eigenvalue weighted by atomic mass is 35.5. The number of hydrogen-bond acceptors (Lipinski definition) is 3. The summed E-state index contributed by atoms with van der Waals surface area (Å²) in [6.07, 6.45) is 1.03. The fraction of sp³-hybridized carbons (Fsp3) is 0.381. The Kier molecular flexibility index (Phi) is 6.12. The highest BCUT2D eigenvalue weighted by molar-refractivity contribution is 7.89. The van der Waals surface area contributed by atoms with Gasteiger partial charge in [0.05, 0.1) is 15.6 Å². The van der Waals surface area contributed by atoms with E-state index in [1.807, 2.05) is 13.0 Å². The molecule has 1 aliphatic heterocycles. The summed E-state index contributed by atoms with van der Waals surface area (Å²) < 4.78 is 27.4. The first-order valence-electron chi connectivity index (χ1n) is 9.34. The minimum absolute atomic E-state index is 0.207. The van der Waals surface area contributed by atoms with Gasteiger partial charge in [-0.2, -0.15) is 4.31 Å². The lowest BCUT2D eigenvalue weighted by Crippen LogP contribution is -2.42. The van der Waals surface area contributed by atoms with Gasteiger partial charge in [-0.1, -0.05) is 31.5 Å². The van der Waals surface area contributed by atoms with Gasteiger partial charge in [-0.05, 0) is 67.1 Å². The highest BCUT2D eigenvalue weighted by Gasteiger charge is 2.31. The molecule has 5 nitrogen and oxygen atoms in total. The van der Waals surface area contributed by atoms with Crippen molar-refractivity contribution in [3.8, 4) is 0 Å². The Labute approximate surface area is 171 Å². The first-order valence-corrected chi connectivity index (χ1v) is 11.2. The first-order chi connectivity index (χ1) is 13.2. The number of benzene rings is 2. The maximum absolute atomic E-state index is 12.9. The van der Waals surface area contributed by atoms with Gasteiger partial charge in [0.15, 0.2) is 0 Å². The van der Waals surface area contributed by atoms with Crippen molar-refractivity contribution in [2.24, 2.45) is 11.8 Å². The smallest absolute Gasteiger partial charge is 0.255 e.